The number of benzene rings is 1. The number of para-hydroxylation sites is 1. The molecule has 0 atom stereocenters. The van der Waals surface area contributed by atoms with E-state index in [4.69, 9.17) is 4.52 Å². The van der Waals surface area contributed by atoms with Crippen molar-refractivity contribution in [3.63, 3.8) is 0 Å². The lowest BCUT2D eigenvalue weighted by molar-refractivity contribution is 0.141. The standard InChI is InChI=1S/C19H21F2N5O3S/c1-12-16(13(2)29-24-12)30(27,28)26-9-5-8-25(10-11-26)19-14-6-3-4-7-15(14)22-18(23-19)17(20)21/h3-4,6-7,17H,5,8-11H2,1-2H3. The second-order valence-electron chi connectivity index (χ2n) is 7.12. The molecule has 4 rings (SSSR count). The van der Waals surface area contributed by atoms with Crippen LogP contribution in [0.15, 0.2) is 33.7 Å². The molecular formula is C19H21F2N5O3S. The molecule has 0 saturated carbocycles. The highest BCUT2D eigenvalue weighted by molar-refractivity contribution is 7.89. The van der Waals surface area contributed by atoms with Crippen LogP contribution >= 0.6 is 0 Å². The predicted molar refractivity (Wildman–Crippen MR) is 106 cm³/mol. The molecule has 3 heterocycles. The van der Waals surface area contributed by atoms with E-state index in [0.717, 1.165) is 0 Å². The second-order valence-corrected chi connectivity index (χ2v) is 9.00. The van der Waals surface area contributed by atoms with Gasteiger partial charge in [-0.3, -0.25) is 0 Å². The van der Waals surface area contributed by atoms with Crippen LogP contribution in [-0.4, -0.2) is 54.0 Å². The normalized spacial score (nSPS) is 16.4. The first-order chi connectivity index (χ1) is 14.3. The molecule has 0 N–H and O–H groups in total. The number of halogens is 2. The SMILES string of the molecule is Cc1noc(C)c1S(=O)(=O)N1CCCN(c2nc(C(F)F)nc3ccccc23)CC1. The molecule has 1 fully saturated rings. The highest BCUT2D eigenvalue weighted by atomic mass is 32.2. The Labute approximate surface area is 172 Å². The first-order valence-electron chi connectivity index (χ1n) is 9.52. The maximum absolute atomic E-state index is 13.3. The summed E-state index contributed by atoms with van der Waals surface area (Å²) in [5.41, 5.74) is 0.749. The number of aromatic nitrogens is 3. The molecule has 30 heavy (non-hydrogen) atoms. The quantitative estimate of drug-likeness (QED) is 0.619. The number of fused-ring (bicyclic) bond motifs is 1. The van der Waals surface area contributed by atoms with Gasteiger partial charge >= 0.3 is 0 Å². The summed E-state index contributed by atoms with van der Waals surface area (Å²) in [5.74, 6) is 0.109. The zero-order valence-electron chi connectivity index (χ0n) is 16.5. The smallest absolute Gasteiger partial charge is 0.297 e. The van der Waals surface area contributed by atoms with E-state index in [2.05, 4.69) is 15.1 Å². The van der Waals surface area contributed by atoms with Gasteiger partial charge in [-0.15, -0.1) is 0 Å². The fourth-order valence-corrected chi connectivity index (χ4v) is 5.49. The Morgan fingerprint density at radius 3 is 2.53 bits per heavy atom. The van der Waals surface area contributed by atoms with Crippen LogP contribution in [0.25, 0.3) is 10.9 Å². The van der Waals surface area contributed by atoms with Crippen LogP contribution in [0.4, 0.5) is 14.6 Å². The van der Waals surface area contributed by atoms with Crippen molar-refractivity contribution in [1.29, 1.82) is 0 Å². The lowest BCUT2D eigenvalue weighted by Crippen LogP contribution is -2.36. The fraction of sp³-hybridized carbons (Fsp3) is 0.421. The Hall–Kier alpha value is -2.66. The van der Waals surface area contributed by atoms with Crippen molar-refractivity contribution in [1.82, 2.24) is 19.4 Å². The van der Waals surface area contributed by atoms with Gasteiger partial charge in [0.1, 0.15) is 16.4 Å². The molecule has 0 unspecified atom stereocenters. The molecule has 0 aliphatic carbocycles. The number of hydrogen-bond donors (Lipinski definition) is 0. The molecule has 0 spiro atoms. The zero-order valence-corrected chi connectivity index (χ0v) is 17.4. The van der Waals surface area contributed by atoms with Crippen LogP contribution in [0.5, 0.6) is 0 Å². The Bertz CT molecular complexity index is 1160. The Balaban J connectivity index is 1.66. The van der Waals surface area contributed by atoms with Crippen molar-refractivity contribution in [2.75, 3.05) is 31.1 Å². The molecule has 0 amide bonds. The topological polar surface area (TPSA) is 92.4 Å². The second kappa shape index (κ2) is 7.88. The predicted octanol–water partition coefficient (Wildman–Crippen LogP) is 3.07. The number of nitrogens with zero attached hydrogens (tertiary/aromatic N) is 5. The zero-order chi connectivity index (χ0) is 21.5. The van der Waals surface area contributed by atoms with Crippen LogP contribution in [0.3, 0.4) is 0 Å². The lowest BCUT2D eigenvalue weighted by Gasteiger charge is -2.24. The minimum Gasteiger partial charge on any atom is -0.360 e. The minimum atomic E-state index is -3.78. The molecule has 3 aromatic rings. The highest BCUT2D eigenvalue weighted by Crippen LogP contribution is 2.29. The summed E-state index contributed by atoms with van der Waals surface area (Å²) in [6, 6.07) is 6.97. The van der Waals surface area contributed by atoms with Gasteiger partial charge in [-0.1, -0.05) is 17.3 Å². The first kappa shape index (κ1) is 20.6. The van der Waals surface area contributed by atoms with E-state index in [1.807, 2.05) is 4.90 Å². The van der Waals surface area contributed by atoms with Gasteiger partial charge in [0.15, 0.2) is 11.6 Å². The summed E-state index contributed by atoms with van der Waals surface area (Å²) in [4.78, 5) is 9.98. The third-order valence-corrected chi connectivity index (χ3v) is 7.26. The molecule has 11 heteroatoms. The molecule has 2 aromatic heterocycles. The minimum absolute atomic E-state index is 0.0865. The van der Waals surface area contributed by atoms with Crippen LogP contribution in [0.1, 0.15) is 30.1 Å². The summed E-state index contributed by atoms with van der Waals surface area (Å²) in [6.45, 7) is 4.44. The number of hydrogen-bond acceptors (Lipinski definition) is 7. The summed E-state index contributed by atoms with van der Waals surface area (Å²) >= 11 is 0. The highest BCUT2D eigenvalue weighted by Gasteiger charge is 2.32. The van der Waals surface area contributed by atoms with Crippen molar-refractivity contribution in [2.24, 2.45) is 0 Å². The summed E-state index contributed by atoms with van der Waals surface area (Å²) < 4.78 is 59.3. The molecule has 0 bridgehead atoms. The maximum Gasteiger partial charge on any atom is 0.297 e. The van der Waals surface area contributed by atoms with Crippen LogP contribution in [0.2, 0.25) is 0 Å². The van der Waals surface area contributed by atoms with Crippen molar-refractivity contribution in [3.05, 3.63) is 41.5 Å². The average Bonchev–Trinajstić information content (AvgIpc) is 2.92. The number of rotatable bonds is 4. The van der Waals surface area contributed by atoms with Crippen molar-refractivity contribution in [3.8, 4) is 0 Å². The third-order valence-electron chi connectivity index (χ3n) is 5.12. The van der Waals surface area contributed by atoms with E-state index in [0.29, 0.717) is 48.5 Å². The molecular weight excluding hydrogens is 416 g/mol. The van der Waals surface area contributed by atoms with Crippen LogP contribution in [0, 0.1) is 13.8 Å². The summed E-state index contributed by atoms with van der Waals surface area (Å²) in [7, 11) is -3.78. The van der Waals surface area contributed by atoms with E-state index < -0.39 is 22.3 Å². The van der Waals surface area contributed by atoms with E-state index in [-0.39, 0.29) is 17.2 Å². The van der Waals surface area contributed by atoms with Gasteiger partial charge in [-0.05, 0) is 32.4 Å². The molecule has 1 aliphatic heterocycles. The van der Waals surface area contributed by atoms with E-state index in [1.54, 1.807) is 38.1 Å². The Morgan fingerprint density at radius 2 is 1.83 bits per heavy atom. The van der Waals surface area contributed by atoms with E-state index in [1.165, 1.54) is 4.31 Å². The summed E-state index contributed by atoms with van der Waals surface area (Å²) in [6.07, 6.45) is -2.28. The first-order valence-corrected chi connectivity index (χ1v) is 11.0. The van der Waals surface area contributed by atoms with Gasteiger partial charge in [-0.2, -0.15) is 4.31 Å². The monoisotopic (exact) mass is 437 g/mol. The van der Waals surface area contributed by atoms with Crippen molar-refractivity contribution >= 4 is 26.7 Å². The van der Waals surface area contributed by atoms with Gasteiger partial charge in [0.25, 0.3) is 6.43 Å². The lowest BCUT2D eigenvalue weighted by atomic mass is 10.2. The molecule has 1 aliphatic rings. The maximum atomic E-state index is 13.3. The molecule has 0 radical (unpaired) electrons. The number of anilines is 1. The van der Waals surface area contributed by atoms with Crippen LogP contribution < -0.4 is 4.90 Å². The molecule has 8 nitrogen and oxygen atoms in total. The van der Waals surface area contributed by atoms with Gasteiger partial charge in [0.2, 0.25) is 10.0 Å². The van der Waals surface area contributed by atoms with Crippen molar-refractivity contribution in [2.45, 2.75) is 31.6 Å². The average molecular weight is 437 g/mol. The number of aryl methyl sites for hydroxylation is 2. The number of sulfonamides is 1. The van der Waals surface area contributed by atoms with Gasteiger partial charge in [0, 0.05) is 31.6 Å². The molecule has 1 saturated heterocycles. The van der Waals surface area contributed by atoms with Crippen molar-refractivity contribution < 1.29 is 21.7 Å². The fourth-order valence-electron chi connectivity index (χ4n) is 3.73. The van der Waals surface area contributed by atoms with Gasteiger partial charge < -0.3 is 9.42 Å². The Kier molecular flexibility index (Phi) is 5.41. The van der Waals surface area contributed by atoms with Crippen LogP contribution in [-0.2, 0) is 10.0 Å². The summed E-state index contributed by atoms with van der Waals surface area (Å²) in [5, 5.41) is 4.40. The third kappa shape index (κ3) is 3.63. The Morgan fingerprint density at radius 1 is 1.07 bits per heavy atom. The van der Waals surface area contributed by atoms with E-state index >= 15 is 0 Å². The largest absolute Gasteiger partial charge is 0.360 e. The van der Waals surface area contributed by atoms with Gasteiger partial charge in [0.05, 0.1) is 5.52 Å². The number of alkyl halides is 2. The van der Waals surface area contributed by atoms with E-state index in [9.17, 15) is 17.2 Å². The molecule has 1 aromatic carbocycles. The van der Waals surface area contributed by atoms with Gasteiger partial charge in [-0.25, -0.2) is 27.2 Å². The molecule has 160 valence electrons.